The molecule has 0 amide bonds. The van der Waals surface area contributed by atoms with Crippen LogP contribution in [0.3, 0.4) is 0 Å². The van der Waals surface area contributed by atoms with E-state index in [0.717, 1.165) is 5.92 Å². The van der Waals surface area contributed by atoms with Crippen LogP contribution in [0.5, 0.6) is 0 Å². The van der Waals surface area contributed by atoms with Crippen molar-refractivity contribution in [2.24, 2.45) is 11.8 Å². The molecule has 1 heteroatoms. The first-order valence-electron chi connectivity index (χ1n) is 5.27. The molecule has 0 aliphatic heterocycles. The van der Waals surface area contributed by atoms with E-state index in [9.17, 15) is 0 Å². The van der Waals surface area contributed by atoms with Crippen molar-refractivity contribution < 1.29 is 0 Å². The van der Waals surface area contributed by atoms with E-state index in [-0.39, 0.29) is 0 Å². The summed E-state index contributed by atoms with van der Waals surface area (Å²) >= 11 is 6.34. The van der Waals surface area contributed by atoms with Gasteiger partial charge in [0, 0.05) is 5.38 Å². The largest absolute Gasteiger partial charge is 0.122 e. The van der Waals surface area contributed by atoms with Gasteiger partial charge in [-0.2, -0.15) is 0 Å². The van der Waals surface area contributed by atoms with Crippen LogP contribution in [-0.2, 0) is 0 Å². The molecule has 0 saturated heterocycles. The van der Waals surface area contributed by atoms with Crippen LogP contribution in [0, 0.1) is 11.8 Å². The minimum Gasteiger partial charge on any atom is -0.122 e. The molecule has 0 spiro atoms. The highest BCUT2D eigenvalue weighted by molar-refractivity contribution is 6.20. The highest BCUT2D eigenvalue weighted by Crippen LogP contribution is 2.27. The third-order valence-electron chi connectivity index (χ3n) is 2.41. The number of alkyl halides is 1. The summed E-state index contributed by atoms with van der Waals surface area (Å²) < 4.78 is 0. The number of rotatable bonds is 6. The third kappa shape index (κ3) is 4.35. The summed E-state index contributed by atoms with van der Waals surface area (Å²) in [7, 11) is 0. The number of hydrogen-bond acceptors (Lipinski definition) is 0. The molecule has 0 aromatic carbocycles. The molecule has 0 aromatic heterocycles. The second kappa shape index (κ2) is 6.77. The molecule has 1 atom stereocenters. The van der Waals surface area contributed by atoms with E-state index in [0.29, 0.717) is 11.3 Å². The van der Waals surface area contributed by atoms with Crippen LogP contribution < -0.4 is 0 Å². The fourth-order valence-corrected chi connectivity index (χ4v) is 2.00. The van der Waals surface area contributed by atoms with Crippen LogP contribution in [-0.4, -0.2) is 5.38 Å². The molecule has 0 heterocycles. The Balaban J connectivity index is 3.89. The summed E-state index contributed by atoms with van der Waals surface area (Å²) in [6.07, 6.45) is 5.11. The minimum absolute atomic E-state index is 0.380. The topological polar surface area (TPSA) is 0 Å². The first kappa shape index (κ1) is 12.3. The summed E-state index contributed by atoms with van der Waals surface area (Å²) in [4.78, 5) is 0. The Kier molecular flexibility index (Phi) is 6.93. The summed E-state index contributed by atoms with van der Waals surface area (Å²) in [5, 5.41) is 0.380. The van der Waals surface area contributed by atoms with Crippen LogP contribution in [0.25, 0.3) is 0 Å². The summed E-state index contributed by atoms with van der Waals surface area (Å²) in [5.41, 5.74) is 0. The van der Waals surface area contributed by atoms with Gasteiger partial charge in [0.15, 0.2) is 0 Å². The van der Waals surface area contributed by atoms with Crippen molar-refractivity contribution in [1.82, 2.24) is 0 Å². The van der Waals surface area contributed by atoms with Gasteiger partial charge in [0.25, 0.3) is 0 Å². The van der Waals surface area contributed by atoms with Gasteiger partial charge < -0.3 is 0 Å². The molecule has 12 heavy (non-hydrogen) atoms. The zero-order valence-corrected chi connectivity index (χ0v) is 9.69. The molecule has 0 radical (unpaired) electrons. The van der Waals surface area contributed by atoms with Gasteiger partial charge in [-0.25, -0.2) is 0 Å². The van der Waals surface area contributed by atoms with Crippen LogP contribution >= 0.6 is 11.6 Å². The standard InChI is InChI=1S/C11H23Cl/c1-5-7-10(8-6-2)11(12)9(3)4/h9-11H,5-8H2,1-4H3. The normalized spacial score (nSPS) is 14.2. The monoisotopic (exact) mass is 190 g/mol. The summed E-state index contributed by atoms with van der Waals surface area (Å²) in [5.74, 6) is 1.36. The lowest BCUT2D eigenvalue weighted by atomic mass is 9.89. The Bertz CT molecular complexity index is 93.2. The highest BCUT2D eigenvalue weighted by Gasteiger charge is 2.20. The molecule has 0 N–H and O–H groups in total. The van der Waals surface area contributed by atoms with E-state index in [1.54, 1.807) is 0 Å². The predicted molar refractivity (Wildman–Crippen MR) is 57.8 cm³/mol. The van der Waals surface area contributed by atoms with E-state index < -0.39 is 0 Å². The van der Waals surface area contributed by atoms with Gasteiger partial charge in [-0.05, 0) is 24.7 Å². The van der Waals surface area contributed by atoms with Crippen molar-refractivity contribution in [1.29, 1.82) is 0 Å². The molecule has 1 unspecified atom stereocenters. The SMILES string of the molecule is CCCC(CCC)C(Cl)C(C)C. The van der Waals surface area contributed by atoms with Gasteiger partial charge in [-0.3, -0.25) is 0 Å². The van der Waals surface area contributed by atoms with Crippen molar-refractivity contribution in [3.63, 3.8) is 0 Å². The lowest BCUT2D eigenvalue weighted by Crippen LogP contribution is -2.20. The number of hydrogen-bond donors (Lipinski definition) is 0. The van der Waals surface area contributed by atoms with Crippen molar-refractivity contribution in [2.75, 3.05) is 0 Å². The number of halogens is 1. The molecule has 0 aliphatic rings. The quantitative estimate of drug-likeness (QED) is 0.543. The molecule has 74 valence electrons. The predicted octanol–water partition coefficient (Wildman–Crippen LogP) is 4.47. The van der Waals surface area contributed by atoms with Gasteiger partial charge >= 0.3 is 0 Å². The summed E-state index contributed by atoms with van der Waals surface area (Å²) in [6.45, 7) is 8.92. The van der Waals surface area contributed by atoms with Crippen molar-refractivity contribution >= 4 is 11.6 Å². The smallest absolute Gasteiger partial charge is 0.0387 e. The average Bonchev–Trinajstić information content (AvgIpc) is 2.03. The average molecular weight is 191 g/mol. The third-order valence-corrected chi connectivity index (χ3v) is 3.27. The van der Waals surface area contributed by atoms with Crippen LogP contribution in [0.4, 0.5) is 0 Å². The first-order chi connectivity index (χ1) is 5.63. The Morgan fingerprint density at radius 3 is 1.67 bits per heavy atom. The lowest BCUT2D eigenvalue weighted by Gasteiger charge is -2.24. The maximum atomic E-state index is 6.34. The molecule has 0 rings (SSSR count). The Labute approximate surface area is 82.7 Å². The molecular weight excluding hydrogens is 168 g/mol. The van der Waals surface area contributed by atoms with Crippen LogP contribution in [0.1, 0.15) is 53.4 Å². The summed E-state index contributed by atoms with van der Waals surface area (Å²) in [6, 6.07) is 0. The van der Waals surface area contributed by atoms with E-state index in [4.69, 9.17) is 11.6 Å². The zero-order valence-electron chi connectivity index (χ0n) is 8.94. The second-order valence-electron chi connectivity index (χ2n) is 4.03. The fraction of sp³-hybridized carbons (Fsp3) is 1.00. The molecule has 0 bridgehead atoms. The van der Waals surface area contributed by atoms with Crippen molar-refractivity contribution in [3.8, 4) is 0 Å². The molecule has 0 saturated carbocycles. The molecule has 0 aliphatic carbocycles. The second-order valence-corrected chi connectivity index (χ2v) is 4.53. The molecular formula is C11H23Cl. The van der Waals surface area contributed by atoms with Crippen LogP contribution in [0.2, 0.25) is 0 Å². The molecule has 0 fully saturated rings. The van der Waals surface area contributed by atoms with Gasteiger partial charge in [0.1, 0.15) is 0 Å². The molecule has 0 nitrogen and oxygen atoms in total. The maximum Gasteiger partial charge on any atom is 0.0387 e. The van der Waals surface area contributed by atoms with E-state index >= 15 is 0 Å². The van der Waals surface area contributed by atoms with E-state index in [1.165, 1.54) is 25.7 Å². The molecule has 0 aromatic rings. The van der Waals surface area contributed by atoms with Gasteiger partial charge in [0.2, 0.25) is 0 Å². The van der Waals surface area contributed by atoms with Gasteiger partial charge in [0.05, 0.1) is 0 Å². The van der Waals surface area contributed by atoms with Crippen molar-refractivity contribution in [2.45, 2.75) is 58.8 Å². The maximum absolute atomic E-state index is 6.34. The van der Waals surface area contributed by atoms with E-state index in [1.807, 2.05) is 0 Å². The fourth-order valence-electron chi connectivity index (χ4n) is 1.75. The minimum atomic E-state index is 0.380. The van der Waals surface area contributed by atoms with Gasteiger partial charge in [-0.15, -0.1) is 11.6 Å². The van der Waals surface area contributed by atoms with Crippen molar-refractivity contribution in [3.05, 3.63) is 0 Å². The zero-order chi connectivity index (χ0) is 9.56. The van der Waals surface area contributed by atoms with Gasteiger partial charge in [-0.1, -0.05) is 40.5 Å². The lowest BCUT2D eigenvalue weighted by molar-refractivity contribution is 0.366. The Morgan fingerprint density at radius 2 is 1.42 bits per heavy atom. The van der Waals surface area contributed by atoms with Crippen LogP contribution in [0.15, 0.2) is 0 Å². The highest BCUT2D eigenvalue weighted by atomic mass is 35.5. The Hall–Kier alpha value is 0.290. The first-order valence-corrected chi connectivity index (χ1v) is 5.71. The van der Waals surface area contributed by atoms with E-state index in [2.05, 4.69) is 27.7 Å². The Morgan fingerprint density at radius 1 is 1.00 bits per heavy atom.